The molecule has 1 aromatic rings. The van der Waals surface area contributed by atoms with Gasteiger partial charge in [-0.15, -0.1) is 0 Å². The maximum Gasteiger partial charge on any atom is 0.256 e. The summed E-state index contributed by atoms with van der Waals surface area (Å²) in [5, 5.41) is 0. The minimum absolute atomic E-state index is 0.0635. The number of para-hydroxylation sites is 1. The molecular formula is C23H38N2O2. The van der Waals surface area contributed by atoms with Crippen LogP contribution in [-0.2, 0) is 9.53 Å². The summed E-state index contributed by atoms with van der Waals surface area (Å²) in [6, 6.07) is 10.3. The van der Waals surface area contributed by atoms with Crippen LogP contribution in [0.25, 0.3) is 0 Å². The highest BCUT2D eigenvalue weighted by Gasteiger charge is 2.35. The van der Waals surface area contributed by atoms with Gasteiger partial charge in [0.15, 0.2) is 0 Å². The van der Waals surface area contributed by atoms with E-state index in [-0.39, 0.29) is 11.9 Å². The van der Waals surface area contributed by atoms with Crippen molar-refractivity contribution in [1.82, 2.24) is 4.90 Å². The number of amides is 1. The molecule has 1 aliphatic heterocycles. The van der Waals surface area contributed by atoms with E-state index in [4.69, 9.17) is 4.74 Å². The smallest absolute Gasteiger partial charge is 0.256 e. The first-order valence-corrected chi connectivity index (χ1v) is 10.7. The fourth-order valence-corrected chi connectivity index (χ4v) is 4.11. The standard InChI is InChI=1S/C23H38N2O2/c1-5-6-7-8-12-16-24-17-15-22(19(2)18-24)25(23(26)20(3)27-4)21-13-10-9-11-14-21/h9-11,13-14,19-20,22H,5-8,12,15-18H2,1-4H3. The van der Waals surface area contributed by atoms with Crippen molar-refractivity contribution in [2.75, 3.05) is 31.6 Å². The van der Waals surface area contributed by atoms with E-state index in [1.54, 1.807) is 7.11 Å². The predicted octanol–water partition coefficient (Wildman–Crippen LogP) is 4.74. The number of rotatable bonds is 10. The Morgan fingerprint density at radius 2 is 1.93 bits per heavy atom. The molecule has 1 fully saturated rings. The lowest BCUT2D eigenvalue weighted by Gasteiger charge is -2.43. The van der Waals surface area contributed by atoms with Crippen molar-refractivity contribution in [2.45, 2.75) is 71.4 Å². The Morgan fingerprint density at radius 3 is 2.56 bits per heavy atom. The number of likely N-dealkylation sites (tertiary alicyclic amines) is 1. The maximum atomic E-state index is 13.1. The Bertz CT molecular complexity index is 549. The summed E-state index contributed by atoms with van der Waals surface area (Å²) in [6.07, 6.45) is 7.23. The van der Waals surface area contributed by atoms with Crippen LogP contribution in [0.1, 0.15) is 59.3 Å². The number of carbonyl (C=O) groups excluding carboxylic acids is 1. The monoisotopic (exact) mass is 374 g/mol. The topological polar surface area (TPSA) is 32.8 Å². The molecule has 1 aromatic carbocycles. The quantitative estimate of drug-likeness (QED) is 0.555. The van der Waals surface area contributed by atoms with E-state index < -0.39 is 6.10 Å². The number of carbonyl (C=O) groups is 1. The number of methoxy groups -OCH3 is 1. The van der Waals surface area contributed by atoms with Gasteiger partial charge in [-0.1, -0.05) is 57.7 Å². The number of unbranched alkanes of at least 4 members (excludes halogenated alkanes) is 4. The molecule has 0 saturated carbocycles. The number of piperidine rings is 1. The number of benzene rings is 1. The molecule has 1 amide bonds. The lowest BCUT2D eigenvalue weighted by Crippen LogP contribution is -2.54. The molecule has 3 atom stereocenters. The van der Waals surface area contributed by atoms with Gasteiger partial charge in [0.05, 0.1) is 0 Å². The van der Waals surface area contributed by atoms with Crippen LogP contribution >= 0.6 is 0 Å². The number of nitrogens with zero attached hydrogens (tertiary/aromatic N) is 2. The van der Waals surface area contributed by atoms with E-state index >= 15 is 0 Å². The lowest BCUT2D eigenvalue weighted by atomic mass is 9.91. The maximum absolute atomic E-state index is 13.1. The van der Waals surface area contributed by atoms with Crippen LogP contribution in [0, 0.1) is 5.92 Å². The zero-order chi connectivity index (χ0) is 19.6. The van der Waals surface area contributed by atoms with Crippen molar-refractivity contribution in [3.63, 3.8) is 0 Å². The molecule has 2 rings (SSSR count). The van der Waals surface area contributed by atoms with Gasteiger partial charge < -0.3 is 14.5 Å². The van der Waals surface area contributed by atoms with Crippen LogP contribution in [0.15, 0.2) is 30.3 Å². The molecule has 1 aliphatic rings. The van der Waals surface area contributed by atoms with Gasteiger partial charge >= 0.3 is 0 Å². The molecule has 4 heteroatoms. The van der Waals surface area contributed by atoms with E-state index in [1.165, 1.54) is 38.6 Å². The van der Waals surface area contributed by atoms with Gasteiger partial charge in [0, 0.05) is 31.9 Å². The minimum Gasteiger partial charge on any atom is -0.372 e. The highest BCUT2D eigenvalue weighted by molar-refractivity contribution is 5.97. The van der Waals surface area contributed by atoms with Gasteiger partial charge in [-0.05, 0) is 44.4 Å². The molecule has 0 bridgehead atoms. The second-order valence-corrected chi connectivity index (χ2v) is 7.97. The SMILES string of the molecule is CCCCCCCN1CCC(N(C(=O)C(C)OC)c2ccccc2)C(C)C1. The third-order valence-corrected chi connectivity index (χ3v) is 5.83. The third-order valence-electron chi connectivity index (χ3n) is 5.83. The van der Waals surface area contributed by atoms with Crippen LogP contribution in [0.5, 0.6) is 0 Å². The Balaban J connectivity index is 2.00. The molecule has 1 saturated heterocycles. The van der Waals surface area contributed by atoms with Gasteiger partial charge in [0.25, 0.3) is 5.91 Å². The zero-order valence-corrected chi connectivity index (χ0v) is 17.7. The fourth-order valence-electron chi connectivity index (χ4n) is 4.11. The number of hydrogen-bond acceptors (Lipinski definition) is 3. The average Bonchev–Trinajstić information content (AvgIpc) is 2.69. The summed E-state index contributed by atoms with van der Waals surface area (Å²) in [4.78, 5) is 17.6. The molecule has 0 aromatic heterocycles. The van der Waals surface area contributed by atoms with Gasteiger partial charge in [0.2, 0.25) is 0 Å². The van der Waals surface area contributed by atoms with Crippen molar-refractivity contribution in [3.8, 4) is 0 Å². The Labute approximate surface area is 165 Å². The first-order chi connectivity index (χ1) is 13.1. The van der Waals surface area contributed by atoms with Crippen LogP contribution in [0.3, 0.4) is 0 Å². The van der Waals surface area contributed by atoms with Crippen LogP contribution in [0.2, 0.25) is 0 Å². The van der Waals surface area contributed by atoms with Crippen molar-refractivity contribution in [2.24, 2.45) is 5.92 Å². The first-order valence-electron chi connectivity index (χ1n) is 10.7. The zero-order valence-electron chi connectivity index (χ0n) is 17.7. The molecule has 0 aliphatic carbocycles. The van der Waals surface area contributed by atoms with Crippen LogP contribution in [0.4, 0.5) is 5.69 Å². The molecule has 0 spiro atoms. The van der Waals surface area contributed by atoms with Crippen molar-refractivity contribution in [3.05, 3.63) is 30.3 Å². The van der Waals surface area contributed by atoms with E-state index in [0.717, 1.165) is 25.2 Å². The molecule has 1 heterocycles. The molecule has 0 N–H and O–H groups in total. The van der Waals surface area contributed by atoms with Gasteiger partial charge in [-0.25, -0.2) is 0 Å². The average molecular weight is 375 g/mol. The van der Waals surface area contributed by atoms with Crippen molar-refractivity contribution < 1.29 is 9.53 Å². The second kappa shape index (κ2) is 11.5. The van der Waals surface area contributed by atoms with Crippen molar-refractivity contribution >= 4 is 11.6 Å². The Hall–Kier alpha value is -1.39. The molecule has 0 radical (unpaired) electrons. The molecule has 3 unspecified atom stereocenters. The lowest BCUT2D eigenvalue weighted by molar-refractivity contribution is -0.128. The van der Waals surface area contributed by atoms with E-state index in [2.05, 4.69) is 18.7 Å². The summed E-state index contributed by atoms with van der Waals surface area (Å²) < 4.78 is 5.35. The van der Waals surface area contributed by atoms with Crippen molar-refractivity contribution in [1.29, 1.82) is 0 Å². The van der Waals surface area contributed by atoms with Gasteiger partial charge in [-0.3, -0.25) is 4.79 Å². The third kappa shape index (κ3) is 6.32. The molecule has 152 valence electrons. The van der Waals surface area contributed by atoms with E-state index in [1.807, 2.05) is 42.2 Å². The highest BCUT2D eigenvalue weighted by Crippen LogP contribution is 2.28. The first kappa shape index (κ1) is 21.9. The Kier molecular flexibility index (Phi) is 9.29. The Morgan fingerprint density at radius 1 is 1.22 bits per heavy atom. The summed E-state index contributed by atoms with van der Waals surface area (Å²) in [5.41, 5.74) is 0.983. The predicted molar refractivity (Wildman–Crippen MR) is 113 cm³/mol. The highest BCUT2D eigenvalue weighted by atomic mass is 16.5. The second-order valence-electron chi connectivity index (χ2n) is 7.97. The summed E-state index contributed by atoms with van der Waals surface area (Å²) in [5.74, 6) is 0.510. The summed E-state index contributed by atoms with van der Waals surface area (Å²) in [7, 11) is 1.61. The number of hydrogen-bond donors (Lipinski definition) is 0. The van der Waals surface area contributed by atoms with Gasteiger partial charge in [-0.2, -0.15) is 0 Å². The largest absolute Gasteiger partial charge is 0.372 e. The number of ether oxygens (including phenoxy) is 1. The molecular weight excluding hydrogens is 336 g/mol. The molecule has 27 heavy (non-hydrogen) atoms. The van der Waals surface area contributed by atoms with E-state index in [0.29, 0.717) is 5.92 Å². The molecule has 4 nitrogen and oxygen atoms in total. The van der Waals surface area contributed by atoms with Crippen LogP contribution < -0.4 is 4.90 Å². The number of anilines is 1. The normalized spacial score (nSPS) is 21.8. The van der Waals surface area contributed by atoms with E-state index in [9.17, 15) is 4.79 Å². The fraction of sp³-hybridized carbons (Fsp3) is 0.696. The van der Waals surface area contributed by atoms with Gasteiger partial charge in [0.1, 0.15) is 6.10 Å². The summed E-state index contributed by atoms with van der Waals surface area (Å²) >= 11 is 0. The summed E-state index contributed by atoms with van der Waals surface area (Å²) in [6.45, 7) is 9.71. The van der Waals surface area contributed by atoms with Crippen LogP contribution in [-0.4, -0.2) is 49.7 Å². The minimum atomic E-state index is -0.422.